The van der Waals surface area contributed by atoms with Gasteiger partial charge in [-0.15, -0.1) is 0 Å². The van der Waals surface area contributed by atoms with Gasteiger partial charge in [0.1, 0.15) is 0 Å². The van der Waals surface area contributed by atoms with Gasteiger partial charge in [-0.05, 0) is 61.4 Å². The number of hydrogen-bond donors (Lipinski definition) is 1. The fourth-order valence-corrected chi connectivity index (χ4v) is 2.69. The molecule has 0 saturated heterocycles. The molecule has 0 fully saturated rings. The van der Waals surface area contributed by atoms with Crippen LogP contribution in [0.15, 0.2) is 64.3 Å². The summed E-state index contributed by atoms with van der Waals surface area (Å²) in [4.78, 5) is 24.3. The normalized spacial score (nSPS) is 10.7. The van der Waals surface area contributed by atoms with E-state index in [4.69, 9.17) is 13.9 Å². The third kappa shape index (κ3) is 4.90. The van der Waals surface area contributed by atoms with Crippen LogP contribution in [0.3, 0.4) is 0 Å². The lowest BCUT2D eigenvalue weighted by molar-refractivity contribution is 0.0696. The second kappa shape index (κ2) is 8.88. The van der Waals surface area contributed by atoms with Gasteiger partial charge in [0.05, 0.1) is 19.6 Å². The molecule has 2 aromatic carbocycles. The van der Waals surface area contributed by atoms with Crippen molar-refractivity contribution < 1.29 is 23.5 Å². The summed E-state index contributed by atoms with van der Waals surface area (Å²) >= 11 is 0. The third-order valence-corrected chi connectivity index (χ3v) is 4.12. The van der Waals surface area contributed by atoms with Gasteiger partial charge in [0.25, 0.3) is 5.91 Å². The molecular weight excluding hydrogens is 372 g/mol. The number of carbonyl (C=O) groups excluding carboxylic acids is 2. The second-order valence-corrected chi connectivity index (χ2v) is 6.29. The van der Waals surface area contributed by atoms with Crippen LogP contribution in [0.2, 0.25) is 0 Å². The Morgan fingerprint density at radius 1 is 1.07 bits per heavy atom. The van der Waals surface area contributed by atoms with Crippen molar-refractivity contribution in [1.29, 1.82) is 0 Å². The lowest BCUT2D eigenvalue weighted by Gasteiger charge is -2.09. The van der Waals surface area contributed by atoms with E-state index in [1.165, 1.54) is 25.7 Å². The van der Waals surface area contributed by atoms with E-state index >= 15 is 0 Å². The van der Waals surface area contributed by atoms with Crippen LogP contribution in [-0.4, -0.2) is 25.2 Å². The Morgan fingerprint density at radius 3 is 2.59 bits per heavy atom. The first-order valence-corrected chi connectivity index (χ1v) is 8.82. The Bertz CT molecular complexity index is 1060. The number of hydrazone groups is 1. The zero-order chi connectivity index (χ0) is 20.8. The highest BCUT2D eigenvalue weighted by atomic mass is 16.6. The number of benzene rings is 2. The van der Waals surface area contributed by atoms with Crippen molar-refractivity contribution >= 4 is 18.1 Å². The van der Waals surface area contributed by atoms with E-state index < -0.39 is 5.97 Å². The maximum absolute atomic E-state index is 12.3. The van der Waals surface area contributed by atoms with Crippen molar-refractivity contribution in [3.05, 3.63) is 82.8 Å². The van der Waals surface area contributed by atoms with Crippen LogP contribution in [-0.2, 0) is 0 Å². The van der Waals surface area contributed by atoms with Crippen LogP contribution in [0.25, 0.3) is 0 Å². The van der Waals surface area contributed by atoms with Crippen LogP contribution >= 0.6 is 0 Å². The summed E-state index contributed by atoms with van der Waals surface area (Å²) < 4.78 is 15.6. The minimum Gasteiger partial charge on any atom is -0.493 e. The zero-order valence-electron chi connectivity index (χ0n) is 16.3. The van der Waals surface area contributed by atoms with Gasteiger partial charge in [0.2, 0.25) is 5.76 Å². The number of nitrogens with zero attached hydrogens (tertiary/aromatic N) is 1. The molecule has 1 amide bonds. The van der Waals surface area contributed by atoms with Gasteiger partial charge < -0.3 is 13.9 Å². The highest BCUT2D eigenvalue weighted by molar-refractivity contribution is 5.96. The molecule has 3 rings (SSSR count). The molecule has 1 N–H and O–H groups in total. The van der Waals surface area contributed by atoms with Gasteiger partial charge in [-0.3, -0.25) is 4.79 Å². The molecule has 0 aliphatic rings. The van der Waals surface area contributed by atoms with Crippen LogP contribution in [0.5, 0.6) is 11.5 Å². The first-order valence-electron chi connectivity index (χ1n) is 8.82. The van der Waals surface area contributed by atoms with Crippen molar-refractivity contribution in [2.75, 3.05) is 7.11 Å². The molecule has 29 heavy (non-hydrogen) atoms. The summed E-state index contributed by atoms with van der Waals surface area (Å²) in [7, 11) is 1.46. The number of furan rings is 1. The van der Waals surface area contributed by atoms with Crippen molar-refractivity contribution in [3.8, 4) is 11.5 Å². The highest BCUT2D eigenvalue weighted by Crippen LogP contribution is 2.28. The number of esters is 1. The van der Waals surface area contributed by atoms with E-state index in [9.17, 15) is 9.59 Å². The summed E-state index contributed by atoms with van der Waals surface area (Å²) in [5.74, 6) is -0.253. The van der Waals surface area contributed by atoms with Gasteiger partial charge in [0, 0.05) is 5.56 Å². The van der Waals surface area contributed by atoms with Gasteiger partial charge in [-0.2, -0.15) is 5.10 Å². The molecule has 3 aromatic rings. The molecule has 148 valence electrons. The molecule has 0 unspecified atom stereocenters. The average molecular weight is 392 g/mol. The van der Waals surface area contributed by atoms with Crippen LogP contribution in [0.1, 0.15) is 37.6 Å². The Morgan fingerprint density at radius 2 is 1.90 bits per heavy atom. The summed E-state index contributed by atoms with van der Waals surface area (Å²) in [6, 6.07) is 13.6. The maximum Gasteiger partial charge on any atom is 0.379 e. The fraction of sp³-hybridized carbons (Fsp3) is 0.136. The molecule has 0 bridgehead atoms. The van der Waals surface area contributed by atoms with E-state index in [1.807, 2.05) is 26.0 Å². The molecule has 0 aliphatic heterocycles. The number of amides is 1. The number of carbonyl (C=O) groups is 2. The van der Waals surface area contributed by atoms with Gasteiger partial charge in [-0.25, -0.2) is 10.2 Å². The molecule has 0 aliphatic carbocycles. The fourth-order valence-electron chi connectivity index (χ4n) is 2.69. The quantitative estimate of drug-likeness (QED) is 0.297. The number of methoxy groups -OCH3 is 1. The lowest BCUT2D eigenvalue weighted by Crippen LogP contribution is -2.18. The molecule has 7 nitrogen and oxygen atoms in total. The largest absolute Gasteiger partial charge is 0.493 e. The standard InChI is InChI=1S/C22H20N2O5/c1-14-6-8-17(15(2)11-14)21(25)24-23-13-16-7-9-18(20(12-16)27-3)29-22(26)19-5-4-10-28-19/h4-13H,1-3H3,(H,24,25)/b23-13+. The lowest BCUT2D eigenvalue weighted by atomic mass is 10.1. The smallest absolute Gasteiger partial charge is 0.379 e. The molecule has 0 atom stereocenters. The van der Waals surface area contributed by atoms with Crippen molar-refractivity contribution in [3.63, 3.8) is 0 Å². The Labute approximate surface area is 167 Å². The third-order valence-electron chi connectivity index (χ3n) is 4.12. The maximum atomic E-state index is 12.3. The minimum absolute atomic E-state index is 0.0896. The number of hydrogen-bond acceptors (Lipinski definition) is 6. The van der Waals surface area contributed by atoms with Gasteiger partial charge in [-0.1, -0.05) is 17.7 Å². The van der Waals surface area contributed by atoms with Gasteiger partial charge in [0.15, 0.2) is 11.5 Å². The molecule has 0 spiro atoms. The predicted molar refractivity (Wildman–Crippen MR) is 108 cm³/mol. The topological polar surface area (TPSA) is 90.1 Å². The number of ether oxygens (including phenoxy) is 2. The Kier molecular flexibility index (Phi) is 6.09. The molecule has 1 heterocycles. The van der Waals surface area contributed by atoms with E-state index in [0.717, 1.165) is 11.1 Å². The molecule has 1 aromatic heterocycles. The second-order valence-electron chi connectivity index (χ2n) is 6.29. The Hall–Kier alpha value is -3.87. The van der Waals surface area contributed by atoms with Crippen molar-refractivity contribution in [2.24, 2.45) is 5.10 Å². The zero-order valence-corrected chi connectivity index (χ0v) is 16.3. The first-order chi connectivity index (χ1) is 14.0. The van der Waals surface area contributed by atoms with E-state index in [0.29, 0.717) is 16.9 Å². The van der Waals surface area contributed by atoms with Crippen LogP contribution in [0, 0.1) is 13.8 Å². The predicted octanol–water partition coefficient (Wildman–Crippen LogP) is 3.89. The van der Waals surface area contributed by atoms with Crippen LogP contribution in [0.4, 0.5) is 0 Å². The summed E-state index contributed by atoms with van der Waals surface area (Å²) in [6.45, 7) is 3.84. The average Bonchev–Trinajstić information content (AvgIpc) is 3.23. The monoisotopic (exact) mass is 392 g/mol. The molecule has 0 radical (unpaired) electrons. The van der Waals surface area contributed by atoms with Gasteiger partial charge >= 0.3 is 5.97 Å². The number of rotatable bonds is 6. The summed E-state index contributed by atoms with van der Waals surface area (Å²) in [5, 5.41) is 3.99. The van der Waals surface area contributed by atoms with Crippen LogP contribution < -0.4 is 14.9 Å². The summed E-state index contributed by atoms with van der Waals surface area (Å²) in [6.07, 6.45) is 2.86. The SMILES string of the molecule is COc1cc(/C=N/NC(=O)c2ccc(C)cc2C)ccc1OC(=O)c1ccco1. The Balaban J connectivity index is 1.68. The number of aryl methyl sites for hydroxylation is 2. The number of nitrogens with one attached hydrogen (secondary N) is 1. The molecule has 7 heteroatoms. The van der Waals surface area contributed by atoms with E-state index in [-0.39, 0.29) is 17.4 Å². The minimum atomic E-state index is -0.629. The molecule has 0 saturated carbocycles. The highest BCUT2D eigenvalue weighted by Gasteiger charge is 2.15. The summed E-state index contributed by atoms with van der Waals surface area (Å²) in [5.41, 5.74) is 5.68. The molecular formula is C22H20N2O5. The van der Waals surface area contributed by atoms with E-state index in [2.05, 4.69) is 10.5 Å². The van der Waals surface area contributed by atoms with Crippen molar-refractivity contribution in [2.45, 2.75) is 13.8 Å². The van der Waals surface area contributed by atoms with E-state index in [1.54, 1.807) is 30.3 Å². The first kappa shape index (κ1) is 19.9. The van der Waals surface area contributed by atoms with Crippen molar-refractivity contribution in [1.82, 2.24) is 5.43 Å².